The molecular weight excluding hydrogens is 353 g/mol. The molecule has 0 heterocycles. The summed E-state index contributed by atoms with van der Waals surface area (Å²) in [5, 5.41) is 14.4. The molecule has 0 spiro atoms. The highest BCUT2D eigenvalue weighted by molar-refractivity contribution is 6.36. The number of amides is 2. The second-order valence-corrected chi connectivity index (χ2v) is 5.60. The van der Waals surface area contributed by atoms with E-state index in [2.05, 4.69) is 5.10 Å². The van der Waals surface area contributed by atoms with Crippen molar-refractivity contribution < 1.29 is 14.8 Å². The average Bonchev–Trinajstić information content (AvgIpc) is 2.59. The molecule has 8 heteroatoms. The number of hydroxylamine groups is 1. The summed E-state index contributed by atoms with van der Waals surface area (Å²) < 4.78 is 0. The van der Waals surface area contributed by atoms with Gasteiger partial charge in [0, 0.05) is 17.6 Å². The zero-order chi connectivity index (χ0) is 17.7. The van der Waals surface area contributed by atoms with Crippen LogP contribution in [-0.4, -0.2) is 35.3 Å². The van der Waals surface area contributed by atoms with Crippen molar-refractivity contribution in [3.63, 3.8) is 0 Å². The number of hydrogen-bond donors (Lipinski definition) is 2. The predicted molar refractivity (Wildman–Crippen MR) is 91.8 cm³/mol. The third-order valence-electron chi connectivity index (χ3n) is 3.11. The molecule has 2 aromatic carbocycles. The Labute approximate surface area is 148 Å². The number of hydrazone groups is 1. The molecule has 0 unspecified atom stereocenters. The Balaban J connectivity index is 2.10. The predicted octanol–water partition coefficient (Wildman–Crippen LogP) is 3.22. The third-order valence-corrected chi connectivity index (χ3v) is 3.66. The highest BCUT2D eigenvalue weighted by atomic mass is 35.5. The number of rotatable bonds is 4. The van der Waals surface area contributed by atoms with Crippen LogP contribution in [0.1, 0.15) is 26.3 Å². The third kappa shape index (κ3) is 4.32. The smallest absolute Gasteiger partial charge is 0.275 e. The lowest BCUT2D eigenvalue weighted by molar-refractivity contribution is 0.0706. The van der Waals surface area contributed by atoms with E-state index in [9.17, 15) is 9.59 Å². The summed E-state index contributed by atoms with van der Waals surface area (Å²) in [6, 6.07) is 10.9. The van der Waals surface area contributed by atoms with Crippen molar-refractivity contribution in [1.29, 1.82) is 0 Å². The van der Waals surface area contributed by atoms with Crippen molar-refractivity contribution in [3.8, 4) is 0 Å². The van der Waals surface area contributed by atoms with Gasteiger partial charge in [0.2, 0.25) is 0 Å². The largest absolute Gasteiger partial charge is 0.288 e. The minimum Gasteiger partial charge on any atom is -0.288 e. The van der Waals surface area contributed by atoms with E-state index in [1.54, 1.807) is 23.7 Å². The van der Waals surface area contributed by atoms with Crippen molar-refractivity contribution >= 4 is 41.2 Å². The SMILES string of the molecule is CN(/N=C/c1ccc(C(=O)NO)cc1)C(=O)c1ccc(Cl)cc1Cl. The van der Waals surface area contributed by atoms with Gasteiger partial charge >= 0.3 is 0 Å². The van der Waals surface area contributed by atoms with E-state index in [4.69, 9.17) is 28.4 Å². The number of nitrogens with zero attached hydrogens (tertiary/aromatic N) is 2. The molecular formula is C16H13Cl2N3O3. The summed E-state index contributed by atoms with van der Waals surface area (Å²) in [6.45, 7) is 0. The zero-order valence-electron chi connectivity index (χ0n) is 12.5. The average molecular weight is 366 g/mol. The van der Waals surface area contributed by atoms with Crippen LogP contribution in [0.15, 0.2) is 47.6 Å². The lowest BCUT2D eigenvalue weighted by Gasteiger charge is -2.12. The highest BCUT2D eigenvalue weighted by Crippen LogP contribution is 2.22. The lowest BCUT2D eigenvalue weighted by atomic mass is 10.1. The Kier molecular flexibility index (Phi) is 5.92. The Morgan fingerprint density at radius 1 is 1.17 bits per heavy atom. The van der Waals surface area contributed by atoms with Crippen molar-refractivity contribution in [3.05, 3.63) is 69.2 Å². The summed E-state index contributed by atoms with van der Waals surface area (Å²) in [5.41, 5.74) is 2.80. The maximum Gasteiger partial charge on any atom is 0.275 e. The molecule has 0 aromatic heterocycles. The molecule has 0 aliphatic heterocycles. The van der Waals surface area contributed by atoms with Gasteiger partial charge in [-0.2, -0.15) is 5.10 Å². The number of carbonyl (C=O) groups is 2. The lowest BCUT2D eigenvalue weighted by Crippen LogP contribution is -2.21. The van der Waals surface area contributed by atoms with Crippen LogP contribution in [-0.2, 0) is 0 Å². The first-order valence-corrected chi connectivity index (χ1v) is 7.49. The van der Waals surface area contributed by atoms with Crippen molar-refractivity contribution in [1.82, 2.24) is 10.5 Å². The summed E-state index contributed by atoms with van der Waals surface area (Å²) in [6.07, 6.45) is 1.46. The topological polar surface area (TPSA) is 82.0 Å². The van der Waals surface area contributed by atoms with E-state index < -0.39 is 5.91 Å². The van der Waals surface area contributed by atoms with Gasteiger partial charge in [0.05, 0.1) is 16.8 Å². The van der Waals surface area contributed by atoms with E-state index in [-0.39, 0.29) is 16.5 Å². The van der Waals surface area contributed by atoms with Crippen LogP contribution in [0, 0.1) is 0 Å². The molecule has 0 bridgehead atoms. The van der Waals surface area contributed by atoms with E-state index in [0.29, 0.717) is 16.1 Å². The van der Waals surface area contributed by atoms with Crippen molar-refractivity contribution in [2.75, 3.05) is 7.05 Å². The Morgan fingerprint density at radius 2 is 1.83 bits per heavy atom. The molecule has 124 valence electrons. The molecule has 0 saturated heterocycles. The number of halogens is 2. The van der Waals surface area contributed by atoms with Crippen molar-refractivity contribution in [2.24, 2.45) is 5.10 Å². The first-order chi connectivity index (χ1) is 11.4. The molecule has 0 fully saturated rings. The normalized spacial score (nSPS) is 10.7. The zero-order valence-corrected chi connectivity index (χ0v) is 14.0. The standard InChI is InChI=1S/C16H13Cl2N3O3/c1-21(16(23)13-7-6-12(17)8-14(13)18)19-9-10-2-4-11(5-3-10)15(22)20-24/h2-9,24H,1H3,(H,20,22)/b19-9+. The Bertz CT molecular complexity index is 792. The summed E-state index contributed by atoms with van der Waals surface area (Å²) >= 11 is 11.8. The van der Waals surface area contributed by atoms with Gasteiger partial charge in [-0.3, -0.25) is 14.8 Å². The quantitative estimate of drug-likeness (QED) is 0.495. The molecule has 0 radical (unpaired) electrons. The van der Waals surface area contributed by atoms with Gasteiger partial charge in [-0.15, -0.1) is 0 Å². The van der Waals surface area contributed by atoms with E-state index in [1.165, 1.54) is 37.5 Å². The molecule has 2 amide bonds. The Hall–Kier alpha value is -2.41. The van der Waals surface area contributed by atoms with Crippen LogP contribution in [0.2, 0.25) is 10.0 Å². The number of carbonyl (C=O) groups excluding carboxylic acids is 2. The van der Waals surface area contributed by atoms with Gasteiger partial charge in [-0.1, -0.05) is 35.3 Å². The maximum absolute atomic E-state index is 12.3. The van der Waals surface area contributed by atoms with Crippen LogP contribution in [0.25, 0.3) is 0 Å². The number of benzene rings is 2. The molecule has 0 aliphatic carbocycles. The fourth-order valence-electron chi connectivity index (χ4n) is 1.83. The van der Waals surface area contributed by atoms with Crippen molar-refractivity contribution in [2.45, 2.75) is 0 Å². The minimum absolute atomic E-state index is 0.244. The second kappa shape index (κ2) is 7.92. The maximum atomic E-state index is 12.3. The summed E-state index contributed by atoms with van der Waals surface area (Å²) in [4.78, 5) is 23.5. The molecule has 2 N–H and O–H groups in total. The van der Waals surface area contributed by atoms with Crippen LogP contribution in [0.3, 0.4) is 0 Å². The van der Waals surface area contributed by atoms with Crippen LogP contribution in [0.5, 0.6) is 0 Å². The fraction of sp³-hybridized carbons (Fsp3) is 0.0625. The first-order valence-electron chi connectivity index (χ1n) is 6.74. The van der Waals surface area contributed by atoms with Crippen LogP contribution in [0.4, 0.5) is 0 Å². The fourth-order valence-corrected chi connectivity index (χ4v) is 2.32. The van der Waals surface area contributed by atoms with Gasteiger partial charge < -0.3 is 0 Å². The molecule has 0 saturated carbocycles. The van der Waals surface area contributed by atoms with Crippen LogP contribution < -0.4 is 5.48 Å². The molecule has 0 aliphatic rings. The number of hydrogen-bond acceptors (Lipinski definition) is 4. The van der Waals surface area contributed by atoms with Gasteiger partial charge in [0.15, 0.2) is 0 Å². The van der Waals surface area contributed by atoms with Gasteiger partial charge in [0.1, 0.15) is 0 Å². The van der Waals surface area contributed by atoms with E-state index in [0.717, 1.165) is 5.01 Å². The van der Waals surface area contributed by atoms with E-state index >= 15 is 0 Å². The van der Waals surface area contributed by atoms with Gasteiger partial charge in [-0.05, 0) is 35.9 Å². The molecule has 0 atom stereocenters. The molecule has 24 heavy (non-hydrogen) atoms. The monoisotopic (exact) mass is 365 g/mol. The molecule has 2 aromatic rings. The van der Waals surface area contributed by atoms with Gasteiger partial charge in [0.25, 0.3) is 11.8 Å². The van der Waals surface area contributed by atoms with Crippen LogP contribution >= 0.6 is 23.2 Å². The minimum atomic E-state index is -0.608. The number of nitrogens with one attached hydrogen (secondary N) is 1. The van der Waals surface area contributed by atoms with E-state index in [1.807, 2.05) is 0 Å². The Morgan fingerprint density at radius 3 is 2.42 bits per heavy atom. The summed E-state index contributed by atoms with van der Waals surface area (Å²) in [7, 11) is 1.50. The first kappa shape index (κ1) is 17.9. The highest BCUT2D eigenvalue weighted by Gasteiger charge is 2.14. The summed E-state index contributed by atoms with van der Waals surface area (Å²) in [5.74, 6) is -0.993. The molecule has 2 rings (SSSR count). The molecule has 6 nitrogen and oxygen atoms in total. The van der Waals surface area contributed by atoms with Gasteiger partial charge in [-0.25, -0.2) is 10.5 Å². The second-order valence-electron chi connectivity index (χ2n) is 4.76.